The summed E-state index contributed by atoms with van der Waals surface area (Å²) < 4.78 is 2.38. The van der Waals surface area contributed by atoms with Crippen molar-refractivity contribution in [2.45, 2.75) is 22.6 Å². The van der Waals surface area contributed by atoms with Gasteiger partial charge in [-0.25, -0.2) is 4.98 Å². The minimum absolute atomic E-state index is 0.303. The van der Waals surface area contributed by atoms with E-state index in [-0.39, 0.29) is 0 Å². The van der Waals surface area contributed by atoms with Gasteiger partial charge in [0.15, 0.2) is 0 Å². The normalized spacial score (nSPS) is 11.3. The molecule has 0 bridgehead atoms. The van der Waals surface area contributed by atoms with Crippen LogP contribution in [0.5, 0.6) is 0 Å². The highest BCUT2D eigenvalue weighted by Gasteiger charge is 2.14. The third-order valence-electron chi connectivity index (χ3n) is 3.80. The third-order valence-corrected chi connectivity index (χ3v) is 7.79. The molecule has 0 spiro atoms. The summed E-state index contributed by atoms with van der Waals surface area (Å²) in [6, 6.07) is 11.3. The summed E-state index contributed by atoms with van der Waals surface area (Å²) in [5, 5.41) is 2.69. The third kappa shape index (κ3) is 6.52. The van der Waals surface area contributed by atoms with Gasteiger partial charge >= 0.3 is 0 Å². The van der Waals surface area contributed by atoms with E-state index in [0.29, 0.717) is 24.7 Å². The van der Waals surface area contributed by atoms with Gasteiger partial charge in [-0.05, 0) is 35.4 Å². The molecule has 1 heterocycles. The Balaban J connectivity index is 1.66. The van der Waals surface area contributed by atoms with Crippen molar-refractivity contribution in [2.24, 2.45) is 0 Å². The predicted octanol–water partition coefficient (Wildman–Crippen LogP) is 7.69. The topological polar surface area (TPSA) is 17.8 Å². The zero-order valence-corrected chi connectivity index (χ0v) is 18.8. The van der Waals surface area contributed by atoms with Crippen molar-refractivity contribution in [3.63, 3.8) is 0 Å². The smallest absolute Gasteiger partial charge is 0.0946 e. The molecule has 27 heavy (non-hydrogen) atoms. The van der Waals surface area contributed by atoms with Gasteiger partial charge in [0.25, 0.3) is 0 Å². The van der Waals surface area contributed by atoms with Crippen molar-refractivity contribution in [2.75, 3.05) is 0 Å². The lowest BCUT2D eigenvalue weighted by atomic mass is 10.2. The second-order valence-corrected chi connectivity index (χ2v) is 10.2. The zero-order valence-electron chi connectivity index (χ0n) is 14.1. The number of rotatable bonds is 8. The monoisotopic (exact) mass is 476 g/mol. The van der Waals surface area contributed by atoms with Crippen LogP contribution in [0, 0.1) is 0 Å². The van der Waals surface area contributed by atoms with Crippen LogP contribution in [0.25, 0.3) is 0 Å². The molecule has 0 N–H and O–H groups in total. The Kier molecular flexibility index (Phi) is 8.12. The highest BCUT2D eigenvalue weighted by molar-refractivity contribution is 8.16. The molecular weight excluding hydrogens is 462 g/mol. The van der Waals surface area contributed by atoms with E-state index < -0.39 is 0 Å². The van der Waals surface area contributed by atoms with Gasteiger partial charge in [0.05, 0.1) is 10.9 Å². The maximum Gasteiger partial charge on any atom is 0.0946 e. The first kappa shape index (κ1) is 21.2. The Bertz CT molecular complexity index is 832. The van der Waals surface area contributed by atoms with Gasteiger partial charge in [-0.3, -0.25) is 0 Å². The Morgan fingerprint density at radius 1 is 0.852 bits per heavy atom. The Hall–Kier alpha value is -0.490. The fourth-order valence-corrected chi connectivity index (χ4v) is 6.05. The molecule has 0 aliphatic heterocycles. The van der Waals surface area contributed by atoms with Gasteiger partial charge in [0.1, 0.15) is 0 Å². The number of imidazole rings is 1. The van der Waals surface area contributed by atoms with E-state index in [1.165, 1.54) is 0 Å². The minimum atomic E-state index is 0.303. The van der Waals surface area contributed by atoms with E-state index in [1.807, 2.05) is 60.3 Å². The average molecular weight is 478 g/mol. The molecule has 8 heteroatoms. The summed E-state index contributed by atoms with van der Waals surface area (Å²) in [7, 11) is 0. The number of halogens is 4. The summed E-state index contributed by atoms with van der Waals surface area (Å²) in [6.45, 7) is 0.839. The summed E-state index contributed by atoms with van der Waals surface area (Å²) in [5.74, 6) is 1.60. The average Bonchev–Trinajstić information content (AvgIpc) is 3.13. The predicted molar refractivity (Wildman–Crippen MR) is 122 cm³/mol. The highest BCUT2D eigenvalue weighted by atomic mass is 35.5. The van der Waals surface area contributed by atoms with Gasteiger partial charge in [-0.1, -0.05) is 58.5 Å². The number of aromatic nitrogens is 2. The van der Waals surface area contributed by atoms with Crippen LogP contribution in [-0.4, -0.2) is 14.1 Å². The first-order valence-corrected chi connectivity index (χ1v) is 11.7. The van der Waals surface area contributed by atoms with Gasteiger partial charge in [0.2, 0.25) is 0 Å². The van der Waals surface area contributed by atoms with Crippen molar-refractivity contribution in [3.8, 4) is 0 Å². The molecule has 0 aliphatic carbocycles. The molecule has 2 aromatic carbocycles. The van der Waals surface area contributed by atoms with Crippen LogP contribution in [0.1, 0.15) is 11.1 Å². The van der Waals surface area contributed by atoms with E-state index in [4.69, 9.17) is 46.4 Å². The van der Waals surface area contributed by atoms with Crippen LogP contribution in [-0.2, 0) is 18.1 Å². The maximum atomic E-state index is 6.31. The van der Waals surface area contributed by atoms with Crippen LogP contribution >= 0.6 is 69.9 Å². The summed E-state index contributed by atoms with van der Waals surface area (Å²) in [5.41, 5.74) is 2.15. The molecule has 0 atom stereocenters. The summed E-state index contributed by atoms with van der Waals surface area (Å²) in [6.07, 6.45) is 5.59. The zero-order chi connectivity index (χ0) is 19.2. The van der Waals surface area contributed by atoms with Gasteiger partial charge in [0, 0.05) is 50.5 Å². The van der Waals surface area contributed by atoms with E-state index in [9.17, 15) is 0 Å². The summed E-state index contributed by atoms with van der Waals surface area (Å²) >= 11 is 28.3. The van der Waals surface area contributed by atoms with Crippen molar-refractivity contribution < 1.29 is 0 Å². The van der Waals surface area contributed by atoms with Crippen LogP contribution in [0.3, 0.4) is 0 Å². The molecule has 0 fully saturated rings. The molecule has 3 rings (SSSR count). The fourth-order valence-electron chi connectivity index (χ4n) is 2.36. The van der Waals surface area contributed by atoms with Crippen LogP contribution in [0.2, 0.25) is 20.1 Å². The number of thioether (sulfide) groups is 2. The Morgan fingerprint density at radius 2 is 1.41 bits per heavy atom. The largest absolute Gasteiger partial charge is 0.336 e. The molecule has 0 amide bonds. The van der Waals surface area contributed by atoms with E-state index >= 15 is 0 Å². The van der Waals surface area contributed by atoms with Crippen molar-refractivity contribution in [1.82, 2.24) is 9.55 Å². The molecule has 0 radical (unpaired) electrons. The molecule has 2 nitrogen and oxygen atoms in total. The number of hydrogen-bond acceptors (Lipinski definition) is 3. The quantitative estimate of drug-likeness (QED) is 0.309. The van der Waals surface area contributed by atoms with E-state index in [2.05, 4.69) is 9.55 Å². The number of benzene rings is 2. The van der Waals surface area contributed by atoms with Crippen LogP contribution in [0.4, 0.5) is 0 Å². The van der Waals surface area contributed by atoms with Gasteiger partial charge in [-0.2, -0.15) is 0 Å². The Labute approximate surface area is 187 Å². The first-order valence-electron chi connectivity index (χ1n) is 8.08. The molecule has 0 aliphatic rings. The lowest BCUT2D eigenvalue weighted by Crippen LogP contribution is -2.09. The van der Waals surface area contributed by atoms with Gasteiger partial charge < -0.3 is 4.57 Å². The first-order chi connectivity index (χ1) is 13.0. The molecule has 3 aromatic rings. The Morgan fingerprint density at radius 3 is 1.85 bits per heavy atom. The molecular formula is C19H16Cl4N2S2. The lowest BCUT2D eigenvalue weighted by molar-refractivity contribution is 0.750. The SMILES string of the molecule is Clc1ccc(CSC(Cn2ccnc2)SCc2ccc(Cl)cc2Cl)c(Cl)c1. The second-order valence-electron chi connectivity index (χ2n) is 5.78. The van der Waals surface area contributed by atoms with Crippen LogP contribution < -0.4 is 0 Å². The van der Waals surface area contributed by atoms with E-state index in [0.717, 1.165) is 29.2 Å². The minimum Gasteiger partial charge on any atom is -0.336 e. The second kappa shape index (κ2) is 10.3. The standard InChI is InChI=1S/C19H16Cl4N2S2/c20-15-3-1-13(17(22)7-15)10-26-19(9-25-6-5-24-12-25)27-11-14-2-4-16(21)8-18(14)23/h1-8,12,19H,9-11H2. The number of nitrogens with zero attached hydrogens (tertiary/aromatic N) is 2. The van der Waals surface area contributed by atoms with Crippen molar-refractivity contribution >= 4 is 69.9 Å². The van der Waals surface area contributed by atoms with Crippen molar-refractivity contribution in [1.29, 1.82) is 0 Å². The summed E-state index contributed by atoms with van der Waals surface area (Å²) in [4.78, 5) is 4.13. The molecule has 0 saturated heterocycles. The van der Waals surface area contributed by atoms with Crippen molar-refractivity contribution in [3.05, 3.63) is 86.3 Å². The molecule has 0 unspecified atom stereocenters. The molecule has 0 saturated carbocycles. The maximum absolute atomic E-state index is 6.31. The van der Waals surface area contributed by atoms with E-state index in [1.54, 1.807) is 18.3 Å². The molecule has 142 valence electrons. The van der Waals surface area contributed by atoms with Crippen LogP contribution in [0.15, 0.2) is 55.1 Å². The highest BCUT2D eigenvalue weighted by Crippen LogP contribution is 2.35. The number of hydrogen-bond donors (Lipinski definition) is 0. The molecule has 1 aromatic heterocycles. The lowest BCUT2D eigenvalue weighted by Gasteiger charge is -2.18. The van der Waals surface area contributed by atoms with Gasteiger partial charge in [-0.15, -0.1) is 23.5 Å². The fraction of sp³-hybridized carbons (Fsp3) is 0.211.